The number of carbonyl (C=O) groups is 4. The Balaban J connectivity index is 0.000000637. The van der Waals surface area contributed by atoms with E-state index in [0.717, 1.165) is 12.0 Å². The summed E-state index contributed by atoms with van der Waals surface area (Å²) in [4.78, 5) is 49.0. The van der Waals surface area contributed by atoms with Crippen LogP contribution in [-0.4, -0.2) is 68.8 Å². The first-order valence-electron chi connectivity index (χ1n) is 16.7. The number of allylic oxidation sites excluding steroid dienone is 1. The highest BCUT2D eigenvalue weighted by molar-refractivity contribution is 5.94. The number of hydrogen-bond acceptors (Lipinski definition) is 9. The highest BCUT2D eigenvalue weighted by atomic mass is 16.6. The molecule has 260 valence electrons. The first-order valence-corrected chi connectivity index (χ1v) is 16.7. The molecule has 9 nitrogen and oxygen atoms in total. The molecule has 0 bridgehead atoms. The van der Waals surface area contributed by atoms with Crippen LogP contribution in [0.2, 0.25) is 0 Å². The van der Waals surface area contributed by atoms with Crippen molar-refractivity contribution in [2.24, 2.45) is 39.4 Å². The fraction of sp³-hybridized carbons (Fsp3) is 0.784. The Morgan fingerprint density at radius 2 is 1.57 bits per heavy atom. The zero-order valence-electron chi connectivity index (χ0n) is 29.9. The minimum absolute atomic E-state index is 0.0193. The van der Waals surface area contributed by atoms with E-state index in [1.165, 1.54) is 26.0 Å². The molecule has 0 heterocycles. The molecule has 3 fully saturated rings. The molecule has 4 rings (SSSR count). The second-order valence-corrected chi connectivity index (χ2v) is 16.7. The first kappa shape index (κ1) is 38.1. The maximum absolute atomic E-state index is 14.2. The molecule has 0 aromatic carbocycles. The largest absolute Gasteiger partial charge is 0.460 e. The number of ether oxygens (including phenoxy) is 2. The van der Waals surface area contributed by atoms with Gasteiger partial charge in [-0.15, -0.1) is 0 Å². The molecule has 0 aromatic rings. The lowest BCUT2D eigenvalue weighted by Crippen LogP contribution is -2.65. The molecule has 3 N–H and O–H groups in total. The summed E-state index contributed by atoms with van der Waals surface area (Å²) in [5, 5.41) is 33.0. The molecule has 9 heteroatoms. The number of Topliss-reactive ketones (excluding diaryl/α,β-unsaturated/α-hetero) is 1. The Labute approximate surface area is 275 Å². The Kier molecular flexibility index (Phi) is 10.7. The van der Waals surface area contributed by atoms with Gasteiger partial charge in [0.1, 0.15) is 23.1 Å². The maximum Gasteiger partial charge on any atom is 0.303 e. The number of ketones is 2. The second-order valence-electron chi connectivity index (χ2n) is 16.7. The molecule has 0 amide bonds. The van der Waals surface area contributed by atoms with Gasteiger partial charge in [-0.3, -0.25) is 19.2 Å². The van der Waals surface area contributed by atoms with E-state index in [2.05, 4.69) is 13.0 Å². The van der Waals surface area contributed by atoms with Crippen LogP contribution < -0.4 is 0 Å². The van der Waals surface area contributed by atoms with E-state index in [4.69, 9.17) is 9.47 Å². The fourth-order valence-electron chi connectivity index (χ4n) is 9.45. The molecule has 8 atom stereocenters. The topological polar surface area (TPSA) is 147 Å². The van der Waals surface area contributed by atoms with Crippen molar-refractivity contribution in [2.45, 2.75) is 138 Å². The van der Waals surface area contributed by atoms with Crippen molar-refractivity contribution in [3.63, 3.8) is 0 Å². The van der Waals surface area contributed by atoms with Gasteiger partial charge in [-0.05, 0) is 107 Å². The van der Waals surface area contributed by atoms with Crippen LogP contribution in [0, 0.1) is 39.4 Å². The number of aliphatic hydroxyl groups is 3. The quantitative estimate of drug-likeness (QED) is 0.199. The van der Waals surface area contributed by atoms with Crippen molar-refractivity contribution in [2.75, 3.05) is 6.61 Å². The molecule has 0 saturated heterocycles. The predicted molar refractivity (Wildman–Crippen MR) is 174 cm³/mol. The van der Waals surface area contributed by atoms with Crippen molar-refractivity contribution in [3.05, 3.63) is 23.8 Å². The molecule has 0 radical (unpaired) electrons. The molecule has 4 aliphatic carbocycles. The molecular weight excluding hydrogens is 588 g/mol. The van der Waals surface area contributed by atoms with Crippen LogP contribution in [0.5, 0.6) is 0 Å². The number of rotatable bonds is 6. The zero-order valence-corrected chi connectivity index (χ0v) is 29.9. The van der Waals surface area contributed by atoms with Gasteiger partial charge >= 0.3 is 11.9 Å². The second kappa shape index (κ2) is 12.9. The summed E-state index contributed by atoms with van der Waals surface area (Å²) < 4.78 is 10.0. The van der Waals surface area contributed by atoms with Crippen molar-refractivity contribution >= 4 is 23.5 Å². The molecular formula is C37H58O9. The number of fused-ring (bicyclic) bond motifs is 5. The standard InChI is InChI=1S/C31H46O7.C6H12O2/c1-18(33)38-27(2,3)14-13-22(34)26(37)21-12-15-29(6)23-10-8-19-20(9-11-24(35)28(19,4)5)31(23,17-32)25(36)16-30(21,29)7;1-5(7)8-6(2,3)4/h8,13-14,20-21,23-24,26,32,35,37H,9-12,15-17H2,1-7H3;1-4H3/b14-13+;. The van der Waals surface area contributed by atoms with Crippen LogP contribution in [0.3, 0.4) is 0 Å². The molecule has 0 aliphatic heterocycles. The summed E-state index contributed by atoms with van der Waals surface area (Å²) in [5.74, 6) is -1.76. The van der Waals surface area contributed by atoms with E-state index in [0.29, 0.717) is 25.7 Å². The summed E-state index contributed by atoms with van der Waals surface area (Å²) in [7, 11) is 0. The molecule has 3 saturated carbocycles. The van der Waals surface area contributed by atoms with E-state index >= 15 is 0 Å². The van der Waals surface area contributed by atoms with Gasteiger partial charge in [-0.2, -0.15) is 0 Å². The van der Waals surface area contributed by atoms with Crippen LogP contribution >= 0.6 is 0 Å². The van der Waals surface area contributed by atoms with Crippen molar-refractivity contribution in [1.82, 2.24) is 0 Å². The Bertz CT molecular complexity index is 1270. The van der Waals surface area contributed by atoms with E-state index < -0.39 is 51.7 Å². The minimum Gasteiger partial charge on any atom is -0.460 e. The third-order valence-electron chi connectivity index (χ3n) is 11.9. The molecule has 0 spiro atoms. The van der Waals surface area contributed by atoms with Gasteiger partial charge < -0.3 is 24.8 Å². The number of aliphatic hydroxyl groups excluding tert-OH is 3. The lowest BCUT2D eigenvalue weighted by Gasteiger charge is -2.65. The third kappa shape index (κ3) is 6.79. The lowest BCUT2D eigenvalue weighted by atomic mass is 9.38. The van der Waals surface area contributed by atoms with Crippen LogP contribution in [-0.2, 0) is 28.7 Å². The van der Waals surface area contributed by atoms with Gasteiger partial charge in [0.25, 0.3) is 0 Å². The summed E-state index contributed by atoms with van der Waals surface area (Å²) in [6, 6.07) is 0. The van der Waals surface area contributed by atoms with E-state index in [1.54, 1.807) is 13.8 Å². The third-order valence-corrected chi connectivity index (χ3v) is 11.9. The molecule has 0 aromatic heterocycles. The Hall–Kier alpha value is -2.36. The van der Waals surface area contributed by atoms with Gasteiger partial charge in [0.15, 0.2) is 5.78 Å². The molecule has 8 unspecified atom stereocenters. The maximum atomic E-state index is 14.2. The summed E-state index contributed by atoms with van der Waals surface area (Å²) in [5.41, 5.74) is -2.56. The number of esters is 2. The first-order chi connectivity index (χ1) is 20.9. The van der Waals surface area contributed by atoms with E-state index in [9.17, 15) is 34.5 Å². The van der Waals surface area contributed by atoms with Crippen LogP contribution in [0.4, 0.5) is 0 Å². The highest BCUT2D eigenvalue weighted by Gasteiger charge is 2.72. The van der Waals surface area contributed by atoms with Crippen LogP contribution in [0.1, 0.15) is 115 Å². The highest BCUT2D eigenvalue weighted by Crippen LogP contribution is 2.73. The van der Waals surface area contributed by atoms with Gasteiger partial charge in [0.2, 0.25) is 0 Å². The van der Waals surface area contributed by atoms with Gasteiger partial charge in [0, 0.05) is 25.7 Å². The zero-order chi connectivity index (χ0) is 35.3. The van der Waals surface area contributed by atoms with Gasteiger partial charge in [-0.1, -0.05) is 39.3 Å². The fourth-order valence-corrected chi connectivity index (χ4v) is 9.45. The van der Waals surface area contributed by atoms with Gasteiger partial charge in [-0.25, -0.2) is 0 Å². The predicted octanol–water partition coefficient (Wildman–Crippen LogP) is 5.28. The molecule has 46 heavy (non-hydrogen) atoms. The lowest BCUT2D eigenvalue weighted by molar-refractivity contribution is -0.184. The van der Waals surface area contributed by atoms with Crippen molar-refractivity contribution in [3.8, 4) is 0 Å². The average molecular weight is 647 g/mol. The van der Waals surface area contributed by atoms with Crippen molar-refractivity contribution < 1.29 is 44.0 Å². The molecule has 4 aliphatic rings. The summed E-state index contributed by atoms with van der Waals surface area (Å²) in [6.45, 7) is 19.6. The number of carbonyl (C=O) groups excluding carboxylic acids is 4. The average Bonchev–Trinajstić information content (AvgIpc) is 3.17. The smallest absolute Gasteiger partial charge is 0.303 e. The minimum atomic E-state index is -1.28. The summed E-state index contributed by atoms with van der Waals surface area (Å²) >= 11 is 0. The SMILES string of the molecule is CC(=O)OC(C)(C)/C=C/C(=O)C(O)C1CCC2(C)C3CC=C4C(CCC(O)C4(C)C)C3(CO)C(=O)CC12C.CC(=O)OC(C)(C)C. The van der Waals surface area contributed by atoms with Crippen LogP contribution in [0.15, 0.2) is 23.8 Å². The van der Waals surface area contributed by atoms with E-state index in [-0.39, 0.29) is 47.6 Å². The Morgan fingerprint density at radius 1 is 0.978 bits per heavy atom. The number of hydrogen-bond donors (Lipinski definition) is 3. The monoisotopic (exact) mass is 646 g/mol. The van der Waals surface area contributed by atoms with Gasteiger partial charge in [0.05, 0.1) is 18.1 Å². The van der Waals surface area contributed by atoms with E-state index in [1.807, 2.05) is 41.5 Å². The van der Waals surface area contributed by atoms with Crippen molar-refractivity contribution in [1.29, 1.82) is 0 Å². The Morgan fingerprint density at radius 3 is 2.07 bits per heavy atom. The normalized spacial score (nSPS) is 35.9. The van der Waals surface area contributed by atoms with Crippen LogP contribution in [0.25, 0.3) is 0 Å². The summed E-state index contributed by atoms with van der Waals surface area (Å²) in [6.07, 6.45) is 6.69.